The Bertz CT molecular complexity index is 321. The molecule has 0 bridgehead atoms. The molecule has 0 amide bonds. The van der Waals surface area contributed by atoms with Gasteiger partial charge in [-0.3, -0.25) is 0 Å². The van der Waals surface area contributed by atoms with Crippen molar-refractivity contribution in [3.8, 4) is 5.75 Å². The van der Waals surface area contributed by atoms with Gasteiger partial charge in [0.15, 0.2) is 0 Å². The van der Waals surface area contributed by atoms with Crippen molar-refractivity contribution in [2.24, 2.45) is 5.73 Å². The smallest absolute Gasteiger partial charge is 0.124 e. The number of aromatic hydroxyl groups is 1. The summed E-state index contributed by atoms with van der Waals surface area (Å²) in [5.41, 5.74) is 7.47. The molecule has 3 N–H and O–H groups in total. The Hall–Kier alpha value is -0.440. The lowest BCUT2D eigenvalue weighted by Gasteiger charge is -2.12. The molecule has 0 aliphatic rings. The van der Waals surface area contributed by atoms with Crippen LogP contribution in [0.3, 0.4) is 0 Å². The number of hydrogen-bond donors (Lipinski definition) is 2. The molecule has 1 aromatic rings. The highest BCUT2D eigenvalue weighted by Gasteiger charge is 2.15. The van der Waals surface area contributed by atoms with Crippen LogP contribution in [0.2, 0.25) is 10.0 Å². The largest absolute Gasteiger partial charge is 0.507 e. The highest BCUT2D eigenvalue weighted by Crippen LogP contribution is 2.38. The first kappa shape index (κ1) is 10.6. The zero-order valence-corrected chi connectivity index (χ0v) is 9.00. The van der Waals surface area contributed by atoms with E-state index in [0.717, 1.165) is 11.1 Å². The monoisotopic (exact) mass is 219 g/mol. The number of benzene rings is 1. The van der Waals surface area contributed by atoms with Crippen molar-refractivity contribution in [3.05, 3.63) is 26.7 Å². The summed E-state index contributed by atoms with van der Waals surface area (Å²) < 4.78 is 0. The van der Waals surface area contributed by atoms with E-state index in [4.69, 9.17) is 28.9 Å². The molecule has 0 radical (unpaired) electrons. The summed E-state index contributed by atoms with van der Waals surface area (Å²) >= 11 is 11.8. The van der Waals surface area contributed by atoms with Gasteiger partial charge in [-0.05, 0) is 25.0 Å². The van der Waals surface area contributed by atoms with Gasteiger partial charge in [-0.15, -0.1) is 0 Å². The first-order chi connectivity index (χ1) is 6.00. The van der Waals surface area contributed by atoms with Crippen molar-refractivity contribution >= 4 is 23.2 Å². The van der Waals surface area contributed by atoms with Crippen LogP contribution in [0, 0.1) is 13.8 Å². The minimum absolute atomic E-state index is 0.148. The van der Waals surface area contributed by atoms with Gasteiger partial charge in [-0.2, -0.15) is 0 Å². The van der Waals surface area contributed by atoms with Crippen molar-refractivity contribution in [3.63, 3.8) is 0 Å². The number of phenolic OH excluding ortho intramolecular Hbond substituents is 1. The predicted octanol–water partition coefficient (Wildman–Crippen LogP) is 2.77. The lowest BCUT2D eigenvalue weighted by Crippen LogP contribution is -2.01. The summed E-state index contributed by atoms with van der Waals surface area (Å²) in [6.45, 7) is 3.78. The SMILES string of the molecule is Cc1c(C)c(Cl)c(Cl)c(CN)c1O. The van der Waals surface area contributed by atoms with E-state index in [-0.39, 0.29) is 12.3 Å². The number of rotatable bonds is 1. The average Bonchev–Trinajstić information content (AvgIpc) is 2.13. The fraction of sp³-hybridized carbons (Fsp3) is 0.333. The van der Waals surface area contributed by atoms with Gasteiger partial charge in [0, 0.05) is 12.1 Å². The summed E-state index contributed by atoms with van der Waals surface area (Å²) in [6.07, 6.45) is 0. The molecule has 0 spiro atoms. The highest BCUT2D eigenvalue weighted by molar-refractivity contribution is 6.43. The normalized spacial score (nSPS) is 10.5. The molecule has 0 saturated carbocycles. The molecule has 72 valence electrons. The minimum atomic E-state index is 0.148. The molecule has 0 aliphatic carbocycles. The van der Waals surface area contributed by atoms with Gasteiger partial charge in [0.2, 0.25) is 0 Å². The van der Waals surface area contributed by atoms with Crippen LogP contribution in [-0.4, -0.2) is 5.11 Å². The molecule has 0 aliphatic heterocycles. The molecule has 4 heteroatoms. The predicted molar refractivity (Wildman–Crippen MR) is 55.5 cm³/mol. The van der Waals surface area contributed by atoms with Crippen LogP contribution in [0.1, 0.15) is 16.7 Å². The summed E-state index contributed by atoms with van der Waals surface area (Å²) in [5.74, 6) is 0.148. The molecular formula is C9H11Cl2NO. The lowest BCUT2D eigenvalue weighted by molar-refractivity contribution is 0.463. The van der Waals surface area contributed by atoms with Crippen molar-refractivity contribution in [1.29, 1.82) is 0 Å². The molecule has 2 nitrogen and oxygen atoms in total. The number of hydrogen-bond acceptors (Lipinski definition) is 2. The molecule has 0 heterocycles. The Labute approximate surface area is 87.3 Å². The van der Waals surface area contributed by atoms with E-state index in [1.165, 1.54) is 0 Å². The third-order valence-electron chi connectivity index (χ3n) is 2.19. The molecule has 1 aromatic carbocycles. The van der Waals surface area contributed by atoms with Gasteiger partial charge in [-0.25, -0.2) is 0 Å². The Morgan fingerprint density at radius 3 is 2.15 bits per heavy atom. The highest BCUT2D eigenvalue weighted by atomic mass is 35.5. The van der Waals surface area contributed by atoms with Crippen LogP contribution < -0.4 is 5.73 Å². The van der Waals surface area contributed by atoms with Gasteiger partial charge in [-0.1, -0.05) is 23.2 Å². The van der Waals surface area contributed by atoms with Crippen LogP contribution in [0.25, 0.3) is 0 Å². The standard InChI is InChI=1S/C9H11Cl2NO/c1-4-5(2)9(13)6(3-12)8(11)7(4)10/h13H,3,12H2,1-2H3. The first-order valence-electron chi connectivity index (χ1n) is 3.86. The van der Waals surface area contributed by atoms with E-state index >= 15 is 0 Å². The molecule has 0 aromatic heterocycles. The molecule has 0 fully saturated rings. The third-order valence-corrected chi connectivity index (χ3v) is 3.18. The van der Waals surface area contributed by atoms with Crippen LogP contribution in [0.15, 0.2) is 0 Å². The summed E-state index contributed by atoms with van der Waals surface area (Å²) in [5, 5.41) is 10.5. The number of phenols is 1. The van der Waals surface area contributed by atoms with Crippen LogP contribution >= 0.6 is 23.2 Å². The van der Waals surface area contributed by atoms with Crippen molar-refractivity contribution < 1.29 is 5.11 Å². The van der Waals surface area contributed by atoms with Crippen LogP contribution in [-0.2, 0) is 6.54 Å². The van der Waals surface area contributed by atoms with Gasteiger partial charge in [0.25, 0.3) is 0 Å². The fourth-order valence-electron chi connectivity index (χ4n) is 1.16. The van der Waals surface area contributed by atoms with Gasteiger partial charge >= 0.3 is 0 Å². The van der Waals surface area contributed by atoms with E-state index in [1.54, 1.807) is 6.92 Å². The Kier molecular flexibility index (Phi) is 3.06. The zero-order valence-electron chi connectivity index (χ0n) is 7.49. The quantitative estimate of drug-likeness (QED) is 0.764. The maximum absolute atomic E-state index is 9.66. The Balaban J connectivity index is 3.56. The van der Waals surface area contributed by atoms with Gasteiger partial charge < -0.3 is 10.8 Å². The Morgan fingerprint density at radius 1 is 1.15 bits per heavy atom. The van der Waals surface area contributed by atoms with E-state index in [2.05, 4.69) is 0 Å². The van der Waals surface area contributed by atoms with Crippen molar-refractivity contribution in [2.75, 3.05) is 0 Å². The van der Waals surface area contributed by atoms with Gasteiger partial charge in [0.05, 0.1) is 10.0 Å². The Morgan fingerprint density at radius 2 is 1.69 bits per heavy atom. The first-order valence-corrected chi connectivity index (χ1v) is 4.62. The van der Waals surface area contributed by atoms with E-state index < -0.39 is 0 Å². The van der Waals surface area contributed by atoms with E-state index in [1.807, 2.05) is 6.92 Å². The zero-order chi connectivity index (χ0) is 10.2. The number of halogens is 2. The lowest BCUT2D eigenvalue weighted by atomic mass is 10.0. The summed E-state index contributed by atoms with van der Waals surface area (Å²) in [7, 11) is 0. The fourth-order valence-corrected chi connectivity index (χ4v) is 1.72. The maximum Gasteiger partial charge on any atom is 0.124 e. The topological polar surface area (TPSA) is 46.2 Å². The molecule has 13 heavy (non-hydrogen) atoms. The minimum Gasteiger partial charge on any atom is -0.507 e. The second-order valence-corrected chi connectivity index (χ2v) is 3.67. The maximum atomic E-state index is 9.66. The second-order valence-electron chi connectivity index (χ2n) is 2.91. The molecule has 0 unspecified atom stereocenters. The van der Waals surface area contributed by atoms with Crippen molar-refractivity contribution in [2.45, 2.75) is 20.4 Å². The van der Waals surface area contributed by atoms with Crippen molar-refractivity contribution in [1.82, 2.24) is 0 Å². The molecule has 0 saturated heterocycles. The molecule has 1 rings (SSSR count). The van der Waals surface area contributed by atoms with Crippen LogP contribution in [0.5, 0.6) is 5.75 Å². The van der Waals surface area contributed by atoms with Gasteiger partial charge in [0.1, 0.15) is 5.75 Å². The van der Waals surface area contributed by atoms with Crippen LogP contribution in [0.4, 0.5) is 0 Å². The van der Waals surface area contributed by atoms with E-state index in [9.17, 15) is 5.11 Å². The second kappa shape index (κ2) is 3.74. The van der Waals surface area contributed by atoms with E-state index in [0.29, 0.717) is 15.6 Å². The summed E-state index contributed by atoms with van der Waals surface area (Å²) in [4.78, 5) is 0. The summed E-state index contributed by atoms with van der Waals surface area (Å²) in [6, 6.07) is 0. The number of nitrogens with two attached hydrogens (primary N) is 1. The third kappa shape index (κ3) is 1.62. The average molecular weight is 220 g/mol. The molecular weight excluding hydrogens is 209 g/mol. The molecule has 0 atom stereocenters.